The maximum absolute atomic E-state index is 12.2. The van der Waals surface area contributed by atoms with Crippen LogP contribution in [0.2, 0.25) is 0 Å². The Bertz CT molecular complexity index is 435. The lowest BCUT2D eigenvalue weighted by molar-refractivity contribution is -0.153. The predicted octanol–water partition coefficient (Wildman–Crippen LogP) is 2.28. The van der Waals surface area contributed by atoms with Gasteiger partial charge in [0.2, 0.25) is 0 Å². The van der Waals surface area contributed by atoms with Crippen molar-refractivity contribution < 1.29 is 14.3 Å². The minimum atomic E-state index is -0.676. The number of carbonyl (C=O) groups is 1. The molecule has 0 spiro atoms. The molecule has 0 radical (unpaired) electrons. The van der Waals surface area contributed by atoms with Gasteiger partial charge in [0.1, 0.15) is 5.54 Å². The van der Waals surface area contributed by atoms with Crippen molar-refractivity contribution in [3.63, 3.8) is 0 Å². The quantitative estimate of drug-likeness (QED) is 0.810. The van der Waals surface area contributed by atoms with E-state index in [2.05, 4.69) is 12.2 Å². The van der Waals surface area contributed by atoms with E-state index in [9.17, 15) is 4.79 Å². The molecular formula is C16H23NO3. The summed E-state index contributed by atoms with van der Waals surface area (Å²) in [5, 5.41) is 3.34. The maximum atomic E-state index is 12.2. The smallest absolute Gasteiger partial charge is 0.328 e. The molecule has 4 heteroatoms. The van der Waals surface area contributed by atoms with Crippen LogP contribution in [0.4, 0.5) is 0 Å². The number of esters is 1. The van der Waals surface area contributed by atoms with Crippen LogP contribution < -0.4 is 5.32 Å². The molecule has 0 aromatic heterocycles. The van der Waals surface area contributed by atoms with Crippen LogP contribution in [-0.2, 0) is 20.9 Å². The van der Waals surface area contributed by atoms with Crippen molar-refractivity contribution in [3.8, 4) is 0 Å². The fourth-order valence-electron chi connectivity index (χ4n) is 2.60. The summed E-state index contributed by atoms with van der Waals surface area (Å²) >= 11 is 0. The average molecular weight is 277 g/mol. The summed E-state index contributed by atoms with van der Waals surface area (Å²) in [6, 6.07) is 10.3. The molecule has 20 heavy (non-hydrogen) atoms. The maximum Gasteiger partial charge on any atom is 0.328 e. The molecule has 0 bridgehead atoms. The molecule has 2 atom stereocenters. The molecule has 1 N–H and O–H groups in total. The van der Waals surface area contributed by atoms with Gasteiger partial charge in [0.25, 0.3) is 0 Å². The number of carbonyl (C=O) groups excluding carboxylic acids is 1. The van der Waals surface area contributed by atoms with Crippen molar-refractivity contribution in [2.24, 2.45) is 0 Å². The second-order valence-electron chi connectivity index (χ2n) is 5.37. The zero-order valence-corrected chi connectivity index (χ0v) is 12.2. The SMILES string of the molecule is CCOC(=O)C1(COCc2ccccc2)CCC(C)N1. The first kappa shape index (κ1) is 15.0. The number of benzene rings is 1. The van der Waals surface area contributed by atoms with Crippen LogP contribution in [0.3, 0.4) is 0 Å². The topological polar surface area (TPSA) is 47.6 Å². The van der Waals surface area contributed by atoms with E-state index in [0.717, 1.165) is 18.4 Å². The van der Waals surface area contributed by atoms with Crippen LogP contribution in [-0.4, -0.2) is 30.8 Å². The molecule has 1 aliphatic heterocycles. The van der Waals surface area contributed by atoms with Crippen LogP contribution in [0.15, 0.2) is 30.3 Å². The Morgan fingerprint density at radius 3 is 2.75 bits per heavy atom. The minimum Gasteiger partial charge on any atom is -0.465 e. The lowest BCUT2D eigenvalue weighted by atomic mass is 9.99. The van der Waals surface area contributed by atoms with E-state index >= 15 is 0 Å². The predicted molar refractivity (Wildman–Crippen MR) is 77.3 cm³/mol. The van der Waals surface area contributed by atoms with Gasteiger partial charge in [-0.1, -0.05) is 30.3 Å². The Hall–Kier alpha value is -1.39. The molecule has 0 aliphatic carbocycles. The molecule has 2 rings (SSSR count). The summed E-state index contributed by atoms with van der Waals surface area (Å²) in [7, 11) is 0. The van der Waals surface area contributed by atoms with E-state index in [1.165, 1.54) is 0 Å². The van der Waals surface area contributed by atoms with E-state index in [0.29, 0.717) is 25.9 Å². The highest BCUT2D eigenvalue weighted by Crippen LogP contribution is 2.25. The van der Waals surface area contributed by atoms with Crippen molar-refractivity contribution in [1.29, 1.82) is 0 Å². The Labute approximate surface area is 120 Å². The monoisotopic (exact) mass is 277 g/mol. The van der Waals surface area contributed by atoms with E-state index in [-0.39, 0.29) is 5.97 Å². The molecule has 4 nitrogen and oxygen atoms in total. The van der Waals surface area contributed by atoms with Gasteiger partial charge in [0, 0.05) is 6.04 Å². The van der Waals surface area contributed by atoms with Gasteiger partial charge >= 0.3 is 5.97 Å². The molecule has 1 saturated heterocycles. The van der Waals surface area contributed by atoms with Crippen LogP contribution in [0.5, 0.6) is 0 Å². The highest BCUT2D eigenvalue weighted by Gasteiger charge is 2.45. The highest BCUT2D eigenvalue weighted by molar-refractivity contribution is 5.81. The third-order valence-electron chi connectivity index (χ3n) is 3.65. The molecule has 0 saturated carbocycles. The van der Waals surface area contributed by atoms with Gasteiger partial charge in [-0.2, -0.15) is 0 Å². The number of hydrogen-bond donors (Lipinski definition) is 1. The van der Waals surface area contributed by atoms with Gasteiger partial charge in [-0.25, -0.2) is 4.79 Å². The Morgan fingerprint density at radius 1 is 1.40 bits per heavy atom. The fraction of sp³-hybridized carbons (Fsp3) is 0.562. The van der Waals surface area contributed by atoms with Crippen LogP contribution in [0.1, 0.15) is 32.3 Å². The molecular weight excluding hydrogens is 254 g/mol. The summed E-state index contributed by atoms with van der Waals surface area (Å²) in [5.74, 6) is -0.197. The number of ether oxygens (including phenoxy) is 2. The van der Waals surface area contributed by atoms with Crippen LogP contribution >= 0.6 is 0 Å². The Balaban J connectivity index is 1.93. The van der Waals surface area contributed by atoms with E-state index in [1.807, 2.05) is 37.3 Å². The van der Waals surface area contributed by atoms with Crippen LogP contribution in [0, 0.1) is 0 Å². The van der Waals surface area contributed by atoms with Crippen molar-refractivity contribution in [1.82, 2.24) is 5.32 Å². The molecule has 1 fully saturated rings. The molecule has 2 unspecified atom stereocenters. The van der Waals surface area contributed by atoms with E-state index in [1.54, 1.807) is 0 Å². The van der Waals surface area contributed by atoms with Gasteiger partial charge in [-0.05, 0) is 32.3 Å². The van der Waals surface area contributed by atoms with Crippen molar-refractivity contribution in [3.05, 3.63) is 35.9 Å². The first-order valence-electron chi connectivity index (χ1n) is 7.23. The summed E-state index contributed by atoms with van der Waals surface area (Å²) in [6.07, 6.45) is 1.73. The third kappa shape index (κ3) is 3.58. The number of nitrogens with one attached hydrogen (secondary N) is 1. The molecule has 0 amide bonds. The van der Waals surface area contributed by atoms with Crippen molar-refractivity contribution >= 4 is 5.97 Å². The molecule has 1 aromatic carbocycles. The highest BCUT2D eigenvalue weighted by atomic mass is 16.5. The standard InChI is InChI=1S/C16H23NO3/c1-3-20-15(18)16(10-9-13(2)17-16)12-19-11-14-7-5-4-6-8-14/h4-8,13,17H,3,9-12H2,1-2H3. The zero-order valence-electron chi connectivity index (χ0n) is 12.2. The van der Waals surface area contributed by atoms with Crippen molar-refractivity contribution in [2.45, 2.75) is 44.9 Å². The zero-order chi connectivity index (χ0) is 14.4. The van der Waals surface area contributed by atoms with Gasteiger partial charge in [-0.15, -0.1) is 0 Å². The fourth-order valence-corrected chi connectivity index (χ4v) is 2.60. The van der Waals surface area contributed by atoms with Gasteiger partial charge < -0.3 is 9.47 Å². The Kier molecular flexibility index (Phi) is 5.15. The molecule has 1 aliphatic rings. The molecule has 1 heterocycles. The van der Waals surface area contributed by atoms with Crippen LogP contribution in [0.25, 0.3) is 0 Å². The number of hydrogen-bond acceptors (Lipinski definition) is 4. The Morgan fingerprint density at radius 2 is 2.15 bits per heavy atom. The van der Waals surface area contributed by atoms with E-state index < -0.39 is 5.54 Å². The first-order valence-corrected chi connectivity index (χ1v) is 7.23. The van der Waals surface area contributed by atoms with E-state index in [4.69, 9.17) is 9.47 Å². The summed E-state index contributed by atoms with van der Waals surface area (Å²) < 4.78 is 11.0. The number of rotatable bonds is 6. The lowest BCUT2D eigenvalue weighted by Crippen LogP contribution is -2.53. The van der Waals surface area contributed by atoms with Gasteiger partial charge in [0.15, 0.2) is 0 Å². The summed E-state index contributed by atoms with van der Waals surface area (Å²) in [5.41, 5.74) is 0.432. The largest absolute Gasteiger partial charge is 0.465 e. The second kappa shape index (κ2) is 6.86. The second-order valence-corrected chi connectivity index (χ2v) is 5.37. The van der Waals surface area contributed by atoms with Gasteiger partial charge in [-0.3, -0.25) is 5.32 Å². The first-order chi connectivity index (χ1) is 9.66. The molecule has 110 valence electrons. The molecule has 1 aromatic rings. The minimum absolute atomic E-state index is 0.197. The normalized spacial score (nSPS) is 25.6. The summed E-state index contributed by atoms with van der Waals surface area (Å²) in [4.78, 5) is 12.2. The van der Waals surface area contributed by atoms with Crippen molar-refractivity contribution in [2.75, 3.05) is 13.2 Å². The van der Waals surface area contributed by atoms with Gasteiger partial charge in [0.05, 0.1) is 19.8 Å². The lowest BCUT2D eigenvalue weighted by Gasteiger charge is -2.27. The average Bonchev–Trinajstić information content (AvgIpc) is 2.83. The third-order valence-corrected chi connectivity index (χ3v) is 3.65. The summed E-state index contributed by atoms with van der Waals surface area (Å²) in [6.45, 7) is 5.17.